The SMILES string of the molecule is Cl.Cl.O=C1Nc2ccc(Br)cc2C1CCN1CCN(Cc2ccccc2)CC1. The molecule has 7 heteroatoms. The molecule has 1 fully saturated rings. The highest BCUT2D eigenvalue weighted by Gasteiger charge is 2.31. The summed E-state index contributed by atoms with van der Waals surface area (Å²) in [7, 11) is 0. The Balaban J connectivity index is 0.00000140. The first-order valence-electron chi connectivity index (χ1n) is 9.28. The summed E-state index contributed by atoms with van der Waals surface area (Å²) in [6.07, 6.45) is 0.883. The van der Waals surface area contributed by atoms with Crippen LogP contribution in [0.2, 0.25) is 0 Å². The molecule has 4 nitrogen and oxygen atoms in total. The van der Waals surface area contributed by atoms with Crippen molar-refractivity contribution in [1.82, 2.24) is 9.80 Å². The Morgan fingerprint density at radius 2 is 1.64 bits per heavy atom. The maximum absolute atomic E-state index is 12.3. The summed E-state index contributed by atoms with van der Waals surface area (Å²) in [6, 6.07) is 16.7. The normalized spacial score (nSPS) is 19.3. The van der Waals surface area contributed by atoms with Gasteiger partial charge in [0.2, 0.25) is 5.91 Å². The van der Waals surface area contributed by atoms with E-state index in [0.29, 0.717) is 0 Å². The van der Waals surface area contributed by atoms with Crippen LogP contribution in [0.4, 0.5) is 5.69 Å². The third kappa shape index (κ3) is 5.49. The summed E-state index contributed by atoms with van der Waals surface area (Å²) >= 11 is 3.52. The zero-order valence-electron chi connectivity index (χ0n) is 15.6. The fourth-order valence-corrected chi connectivity index (χ4v) is 4.29. The molecule has 1 amide bonds. The molecule has 0 aromatic heterocycles. The van der Waals surface area contributed by atoms with Crippen molar-refractivity contribution >= 4 is 52.3 Å². The van der Waals surface area contributed by atoms with E-state index < -0.39 is 0 Å². The smallest absolute Gasteiger partial charge is 0.232 e. The summed E-state index contributed by atoms with van der Waals surface area (Å²) in [5.74, 6) is 0.116. The van der Waals surface area contributed by atoms with Crippen LogP contribution in [0.25, 0.3) is 0 Å². The molecule has 28 heavy (non-hydrogen) atoms. The largest absolute Gasteiger partial charge is 0.325 e. The minimum atomic E-state index is -0.0233. The van der Waals surface area contributed by atoms with Gasteiger partial charge in [0.1, 0.15) is 0 Å². The quantitative estimate of drug-likeness (QED) is 0.673. The van der Waals surface area contributed by atoms with E-state index in [1.807, 2.05) is 12.1 Å². The number of carbonyl (C=O) groups excluding carboxylic acids is 1. The molecule has 4 rings (SSSR count). The van der Waals surface area contributed by atoms with Crippen molar-refractivity contribution in [3.05, 3.63) is 64.1 Å². The number of fused-ring (bicyclic) bond motifs is 1. The van der Waals surface area contributed by atoms with E-state index in [2.05, 4.69) is 67.4 Å². The van der Waals surface area contributed by atoms with Gasteiger partial charge >= 0.3 is 0 Å². The number of halogens is 3. The van der Waals surface area contributed by atoms with Gasteiger partial charge in [-0.1, -0.05) is 46.3 Å². The van der Waals surface area contributed by atoms with Crippen LogP contribution >= 0.6 is 40.7 Å². The number of rotatable bonds is 5. The third-order valence-electron chi connectivity index (χ3n) is 5.41. The van der Waals surface area contributed by atoms with Gasteiger partial charge in [0, 0.05) is 42.9 Å². The van der Waals surface area contributed by atoms with Crippen LogP contribution in [0.5, 0.6) is 0 Å². The lowest BCUT2D eigenvalue weighted by molar-refractivity contribution is -0.117. The number of hydrogen-bond acceptors (Lipinski definition) is 3. The second-order valence-electron chi connectivity index (χ2n) is 7.17. The minimum Gasteiger partial charge on any atom is -0.325 e. The van der Waals surface area contributed by atoms with Crippen LogP contribution in [0.3, 0.4) is 0 Å². The fourth-order valence-electron chi connectivity index (χ4n) is 3.91. The molecule has 2 aliphatic rings. The average molecular weight is 487 g/mol. The van der Waals surface area contributed by atoms with E-state index in [-0.39, 0.29) is 36.6 Å². The summed E-state index contributed by atoms with van der Waals surface area (Å²) in [6.45, 7) is 6.34. The maximum atomic E-state index is 12.3. The first kappa shape index (κ1) is 23.2. The minimum absolute atomic E-state index is 0. The van der Waals surface area contributed by atoms with Crippen molar-refractivity contribution in [2.45, 2.75) is 18.9 Å². The topological polar surface area (TPSA) is 35.6 Å². The van der Waals surface area contributed by atoms with Crippen LogP contribution in [0, 0.1) is 0 Å². The summed E-state index contributed by atoms with van der Waals surface area (Å²) in [5, 5.41) is 3.01. The first-order valence-corrected chi connectivity index (χ1v) is 10.1. The van der Waals surface area contributed by atoms with Crippen molar-refractivity contribution in [3.63, 3.8) is 0 Å². The van der Waals surface area contributed by atoms with E-state index in [0.717, 1.165) is 61.4 Å². The molecule has 1 unspecified atom stereocenters. The highest BCUT2D eigenvalue weighted by molar-refractivity contribution is 9.10. The Hall–Kier alpha value is -1.11. The highest BCUT2D eigenvalue weighted by atomic mass is 79.9. The molecule has 2 heterocycles. The lowest BCUT2D eigenvalue weighted by Crippen LogP contribution is -2.46. The number of anilines is 1. The zero-order valence-corrected chi connectivity index (χ0v) is 18.9. The van der Waals surface area contributed by atoms with E-state index in [4.69, 9.17) is 0 Å². The Morgan fingerprint density at radius 1 is 0.964 bits per heavy atom. The van der Waals surface area contributed by atoms with Gasteiger partial charge in [0.25, 0.3) is 0 Å². The molecular formula is C21H26BrCl2N3O. The van der Waals surface area contributed by atoms with Gasteiger partial charge in [-0.3, -0.25) is 9.69 Å². The number of amides is 1. The third-order valence-corrected chi connectivity index (χ3v) is 5.90. The number of carbonyl (C=O) groups is 1. The Bertz CT molecular complexity index is 782. The maximum Gasteiger partial charge on any atom is 0.232 e. The van der Waals surface area contributed by atoms with Crippen LogP contribution in [-0.4, -0.2) is 48.4 Å². The lowest BCUT2D eigenvalue weighted by atomic mass is 9.97. The molecule has 1 saturated heterocycles. The van der Waals surface area contributed by atoms with E-state index in [9.17, 15) is 4.79 Å². The molecule has 152 valence electrons. The Kier molecular flexibility index (Phi) is 8.78. The Labute approximate surface area is 187 Å². The van der Waals surface area contributed by atoms with Crippen LogP contribution in [0.1, 0.15) is 23.5 Å². The molecule has 2 aliphatic heterocycles. The van der Waals surface area contributed by atoms with Crippen LogP contribution < -0.4 is 5.32 Å². The number of nitrogens with zero attached hydrogens (tertiary/aromatic N) is 2. The van der Waals surface area contributed by atoms with Gasteiger partial charge in [-0.05, 0) is 42.3 Å². The van der Waals surface area contributed by atoms with Crippen molar-refractivity contribution in [3.8, 4) is 0 Å². The fraction of sp³-hybridized carbons (Fsp3) is 0.381. The first-order chi connectivity index (χ1) is 12.7. The standard InChI is InChI=1S/C21H24BrN3O.2ClH/c22-17-6-7-20-19(14-17)18(21(26)23-20)8-9-24-10-12-25(13-11-24)15-16-4-2-1-3-5-16;;/h1-7,14,18H,8-13,15H2,(H,23,26);2*1H. The monoisotopic (exact) mass is 485 g/mol. The summed E-state index contributed by atoms with van der Waals surface area (Å²) in [4.78, 5) is 17.3. The van der Waals surface area contributed by atoms with Gasteiger partial charge in [-0.15, -0.1) is 24.8 Å². The molecule has 2 aromatic rings. The van der Waals surface area contributed by atoms with Crippen molar-refractivity contribution in [1.29, 1.82) is 0 Å². The second-order valence-corrected chi connectivity index (χ2v) is 8.08. The van der Waals surface area contributed by atoms with Crippen molar-refractivity contribution in [2.75, 3.05) is 38.0 Å². The van der Waals surface area contributed by atoms with E-state index >= 15 is 0 Å². The zero-order chi connectivity index (χ0) is 17.9. The van der Waals surface area contributed by atoms with Crippen molar-refractivity contribution < 1.29 is 4.79 Å². The predicted octanol–water partition coefficient (Wildman–Crippen LogP) is 4.54. The van der Waals surface area contributed by atoms with Gasteiger partial charge in [-0.25, -0.2) is 0 Å². The predicted molar refractivity (Wildman–Crippen MR) is 123 cm³/mol. The number of benzene rings is 2. The molecule has 0 bridgehead atoms. The van der Waals surface area contributed by atoms with Crippen molar-refractivity contribution in [2.24, 2.45) is 0 Å². The lowest BCUT2D eigenvalue weighted by Gasteiger charge is -2.35. The molecule has 1 N–H and O–H groups in total. The summed E-state index contributed by atoms with van der Waals surface area (Å²) < 4.78 is 1.03. The van der Waals surface area contributed by atoms with E-state index in [1.165, 1.54) is 5.56 Å². The molecule has 0 saturated carbocycles. The summed E-state index contributed by atoms with van der Waals surface area (Å²) in [5.41, 5.74) is 3.48. The molecule has 0 radical (unpaired) electrons. The molecule has 0 spiro atoms. The van der Waals surface area contributed by atoms with Gasteiger partial charge in [-0.2, -0.15) is 0 Å². The number of nitrogens with one attached hydrogen (secondary N) is 1. The van der Waals surface area contributed by atoms with Crippen LogP contribution in [-0.2, 0) is 11.3 Å². The molecule has 1 atom stereocenters. The van der Waals surface area contributed by atoms with E-state index in [1.54, 1.807) is 0 Å². The molecule has 2 aromatic carbocycles. The van der Waals surface area contributed by atoms with Gasteiger partial charge in [0.15, 0.2) is 0 Å². The average Bonchev–Trinajstić information content (AvgIpc) is 2.96. The molecular weight excluding hydrogens is 461 g/mol. The van der Waals surface area contributed by atoms with Crippen LogP contribution in [0.15, 0.2) is 53.0 Å². The number of piperazine rings is 1. The highest BCUT2D eigenvalue weighted by Crippen LogP contribution is 2.36. The Morgan fingerprint density at radius 3 is 2.36 bits per heavy atom. The second kappa shape index (κ2) is 10.6. The van der Waals surface area contributed by atoms with Gasteiger partial charge < -0.3 is 10.2 Å². The molecule has 0 aliphatic carbocycles. The number of hydrogen-bond donors (Lipinski definition) is 1. The van der Waals surface area contributed by atoms with Gasteiger partial charge in [0.05, 0.1) is 5.92 Å².